The summed E-state index contributed by atoms with van der Waals surface area (Å²) in [5, 5.41) is 0. The predicted octanol–water partition coefficient (Wildman–Crippen LogP) is 1.69. The van der Waals surface area contributed by atoms with Crippen LogP contribution < -0.4 is 0 Å². The monoisotopic (exact) mass is 246 g/mol. The fourth-order valence-corrected chi connectivity index (χ4v) is 1.13. The van der Waals surface area contributed by atoms with E-state index in [1.54, 1.807) is 6.92 Å². The van der Waals surface area contributed by atoms with Crippen LogP contribution >= 0.6 is 0 Å². The van der Waals surface area contributed by atoms with Crippen LogP contribution in [0.25, 0.3) is 0 Å². The average Bonchev–Trinajstić information content (AvgIpc) is 2.32. The summed E-state index contributed by atoms with van der Waals surface area (Å²) in [6, 6.07) is 0. The zero-order chi connectivity index (χ0) is 13.1. The lowest BCUT2D eigenvalue weighted by Crippen LogP contribution is -2.30. The summed E-state index contributed by atoms with van der Waals surface area (Å²) in [4.78, 5) is 22.9. The third-order valence-corrected chi connectivity index (χ3v) is 1.90. The highest BCUT2D eigenvalue weighted by atomic mass is 16.6. The molecule has 0 N–H and O–H groups in total. The van der Waals surface area contributed by atoms with E-state index < -0.39 is 18.0 Å². The van der Waals surface area contributed by atoms with E-state index in [2.05, 4.69) is 0 Å². The smallest absolute Gasteiger partial charge is 0.335 e. The topological polar surface area (TPSA) is 61.8 Å². The van der Waals surface area contributed by atoms with Gasteiger partial charge in [-0.3, -0.25) is 4.79 Å². The Morgan fingerprint density at radius 3 is 2.12 bits per heavy atom. The highest BCUT2D eigenvalue weighted by Crippen LogP contribution is 2.04. The number of hydrogen-bond donors (Lipinski definition) is 0. The van der Waals surface area contributed by atoms with Gasteiger partial charge in [0.05, 0.1) is 19.6 Å². The van der Waals surface area contributed by atoms with Crippen LogP contribution in [-0.2, 0) is 23.8 Å². The van der Waals surface area contributed by atoms with Crippen LogP contribution in [0.5, 0.6) is 0 Å². The van der Waals surface area contributed by atoms with Crippen LogP contribution in [0.4, 0.5) is 0 Å². The second-order valence-corrected chi connectivity index (χ2v) is 3.54. The summed E-state index contributed by atoms with van der Waals surface area (Å²) in [6.45, 7) is 6.62. The first kappa shape index (κ1) is 15.9. The summed E-state index contributed by atoms with van der Waals surface area (Å²) >= 11 is 0. The number of carbonyl (C=O) groups is 2. The summed E-state index contributed by atoms with van der Waals surface area (Å²) < 4.78 is 15.0. The Kier molecular flexibility index (Phi) is 9.43. The first-order valence-electron chi connectivity index (χ1n) is 6.09. The van der Waals surface area contributed by atoms with Gasteiger partial charge in [0.1, 0.15) is 0 Å². The van der Waals surface area contributed by atoms with E-state index in [0.717, 1.165) is 12.8 Å². The summed E-state index contributed by atoms with van der Waals surface area (Å²) in [6.07, 6.45) is 0.558. The number of esters is 2. The molecule has 0 aromatic rings. The molecule has 0 amide bonds. The van der Waals surface area contributed by atoms with Gasteiger partial charge in [0.2, 0.25) is 0 Å². The number of carbonyl (C=O) groups excluding carboxylic acids is 2. The summed E-state index contributed by atoms with van der Waals surface area (Å²) in [7, 11) is 0. The second-order valence-electron chi connectivity index (χ2n) is 3.54. The molecule has 5 heteroatoms. The Balaban J connectivity index is 4.12. The van der Waals surface area contributed by atoms with Crippen molar-refractivity contribution < 1.29 is 23.8 Å². The maximum Gasteiger partial charge on any atom is 0.335 e. The molecule has 0 rings (SSSR count). The highest BCUT2D eigenvalue weighted by Gasteiger charge is 2.24. The van der Waals surface area contributed by atoms with Gasteiger partial charge in [-0.25, -0.2) is 4.79 Å². The minimum Gasteiger partial charge on any atom is -0.466 e. The van der Waals surface area contributed by atoms with Gasteiger partial charge < -0.3 is 14.2 Å². The van der Waals surface area contributed by atoms with Gasteiger partial charge in [-0.2, -0.15) is 0 Å². The van der Waals surface area contributed by atoms with Crippen molar-refractivity contribution in [3.8, 4) is 0 Å². The molecule has 1 atom stereocenters. The molecule has 17 heavy (non-hydrogen) atoms. The van der Waals surface area contributed by atoms with Crippen molar-refractivity contribution in [1.29, 1.82) is 0 Å². The van der Waals surface area contributed by atoms with Crippen molar-refractivity contribution in [3.05, 3.63) is 0 Å². The highest BCUT2D eigenvalue weighted by molar-refractivity contribution is 5.81. The largest absolute Gasteiger partial charge is 0.466 e. The lowest BCUT2D eigenvalue weighted by molar-refractivity contribution is -0.163. The molecule has 0 aromatic heterocycles. The number of hydrogen-bond acceptors (Lipinski definition) is 5. The Bertz CT molecular complexity index is 227. The average molecular weight is 246 g/mol. The molecule has 0 radical (unpaired) electrons. The SMILES string of the molecule is CCCOC(=O)C[C@H](OCC)C(=O)OCCC. The zero-order valence-electron chi connectivity index (χ0n) is 10.9. The number of ether oxygens (including phenoxy) is 3. The van der Waals surface area contributed by atoms with Gasteiger partial charge in [-0.15, -0.1) is 0 Å². The maximum atomic E-state index is 11.5. The molecule has 0 saturated heterocycles. The molecular weight excluding hydrogens is 224 g/mol. The van der Waals surface area contributed by atoms with Gasteiger partial charge in [0.15, 0.2) is 6.10 Å². The second kappa shape index (κ2) is 10.1. The van der Waals surface area contributed by atoms with Gasteiger partial charge in [0, 0.05) is 6.61 Å². The molecular formula is C12H22O5. The molecule has 0 bridgehead atoms. The standard InChI is InChI=1S/C12H22O5/c1-4-7-16-11(13)9-10(15-6-3)12(14)17-8-5-2/h10H,4-9H2,1-3H3/t10-/m0/s1. The van der Waals surface area contributed by atoms with Crippen molar-refractivity contribution >= 4 is 11.9 Å². The van der Waals surface area contributed by atoms with Crippen LogP contribution in [0, 0.1) is 0 Å². The Morgan fingerprint density at radius 1 is 1.00 bits per heavy atom. The fraction of sp³-hybridized carbons (Fsp3) is 0.833. The van der Waals surface area contributed by atoms with Crippen molar-refractivity contribution in [3.63, 3.8) is 0 Å². The molecule has 5 nitrogen and oxygen atoms in total. The lowest BCUT2D eigenvalue weighted by Gasteiger charge is -2.15. The summed E-state index contributed by atoms with van der Waals surface area (Å²) in [5.41, 5.74) is 0. The molecule has 100 valence electrons. The Hall–Kier alpha value is -1.10. The molecule has 0 aromatic carbocycles. The fourth-order valence-electron chi connectivity index (χ4n) is 1.13. The third kappa shape index (κ3) is 7.74. The van der Waals surface area contributed by atoms with Crippen LogP contribution in [0.3, 0.4) is 0 Å². The third-order valence-electron chi connectivity index (χ3n) is 1.90. The molecule has 0 aliphatic carbocycles. The normalized spacial score (nSPS) is 11.9. The molecule has 0 heterocycles. The van der Waals surface area contributed by atoms with Gasteiger partial charge in [0.25, 0.3) is 0 Å². The minimum absolute atomic E-state index is 0.0869. The zero-order valence-corrected chi connectivity index (χ0v) is 10.9. The van der Waals surface area contributed by atoms with Crippen molar-refractivity contribution in [2.45, 2.75) is 46.1 Å². The van der Waals surface area contributed by atoms with Crippen molar-refractivity contribution in [1.82, 2.24) is 0 Å². The quantitative estimate of drug-likeness (QED) is 0.579. The van der Waals surface area contributed by atoms with E-state index >= 15 is 0 Å². The minimum atomic E-state index is -0.851. The molecule has 0 aliphatic rings. The van der Waals surface area contributed by atoms with Crippen molar-refractivity contribution in [2.75, 3.05) is 19.8 Å². The van der Waals surface area contributed by atoms with Gasteiger partial charge in [-0.1, -0.05) is 13.8 Å². The van der Waals surface area contributed by atoms with Crippen LogP contribution in [0.2, 0.25) is 0 Å². The maximum absolute atomic E-state index is 11.5. The molecule has 0 spiro atoms. The molecule has 0 fully saturated rings. The molecule has 0 aliphatic heterocycles. The van der Waals surface area contributed by atoms with E-state index in [-0.39, 0.29) is 6.42 Å². The molecule has 0 unspecified atom stereocenters. The van der Waals surface area contributed by atoms with E-state index in [0.29, 0.717) is 19.8 Å². The lowest BCUT2D eigenvalue weighted by atomic mass is 10.2. The Morgan fingerprint density at radius 2 is 1.59 bits per heavy atom. The number of rotatable bonds is 9. The van der Waals surface area contributed by atoms with Crippen LogP contribution in [0.15, 0.2) is 0 Å². The van der Waals surface area contributed by atoms with E-state index in [1.807, 2.05) is 13.8 Å². The first-order valence-corrected chi connectivity index (χ1v) is 6.09. The summed E-state index contributed by atoms with van der Waals surface area (Å²) in [5.74, 6) is -0.930. The van der Waals surface area contributed by atoms with Gasteiger partial charge >= 0.3 is 11.9 Å². The predicted molar refractivity (Wildman–Crippen MR) is 62.5 cm³/mol. The van der Waals surface area contributed by atoms with Gasteiger partial charge in [-0.05, 0) is 19.8 Å². The first-order chi connectivity index (χ1) is 8.15. The van der Waals surface area contributed by atoms with E-state index in [4.69, 9.17) is 14.2 Å². The van der Waals surface area contributed by atoms with E-state index in [9.17, 15) is 9.59 Å². The van der Waals surface area contributed by atoms with Crippen molar-refractivity contribution in [2.24, 2.45) is 0 Å². The van der Waals surface area contributed by atoms with Crippen LogP contribution in [0.1, 0.15) is 40.0 Å². The van der Waals surface area contributed by atoms with Crippen LogP contribution in [-0.4, -0.2) is 37.9 Å². The van der Waals surface area contributed by atoms with E-state index in [1.165, 1.54) is 0 Å². The molecule has 0 saturated carbocycles. The Labute approximate surface area is 102 Å².